The summed E-state index contributed by atoms with van der Waals surface area (Å²) in [4.78, 5) is 2.34. The molecule has 0 unspecified atom stereocenters. The molecule has 2 N–H and O–H groups in total. The number of hydrogen-bond donors (Lipinski definition) is 2. The average molecular weight is 393 g/mol. The highest BCUT2D eigenvalue weighted by Crippen LogP contribution is 2.24. The monoisotopic (exact) mass is 392 g/mol. The number of morpholine rings is 1. The van der Waals surface area contributed by atoms with Gasteiger partial charge in [0.1, 0.15) is 11.5 Å². The van der Waals surface area contributed by atoms with Crippen LogP contribution in [0.4, 0.5) is 0 Å². The van der Waals surface area contributed by atoms with Crippen molar-refractivity contribution in [2.24, 2.45) is 5.10 Å². The highest BCUT2D eigenvalue weighted by molar-refractivity contribution is 7.80. The summed E-state index contributed by atoms with van der Waals surface area (Å²) in [7, 11) is 0. The molecule has 3 rings (SSSR count). The quantitative estimate of drug-likeness (QED) is 0.448. The molecule has 1 aliphatic rings. The number of rotatable bonds is 6. The van der Waals surface area contributed by atoms with Crippen LogP contribution < -0.4 is 10.7 Å². The maximum atomic E-state index is 6.00. The van der Waals surface area contributed by atoms with Crippen molar-refractivity contribution < 1.29 is 9.15 Å². The summed E-state index contributed by atoms with van der Waals surface area (Å²) >= 11 is 11.2. The zero-order valence-corrected chi connectivity index (χ0v) is 15.9. The number of halogens is 1. The van der Waals surface area contributed by atoms with Crippen molar-refractivity contribution in [2.75, 3.05) is 39.4 Å². The van der Waals surface area contributed by atoms with Gasteiger partial charge in [0.15, 0.2) is 5.11 Å². The molecule has 6 nitrogen and oxygen atoms in total. The first-order valence-electron chi connectivity index (χ1n) is 8.43. The van der Waals surface area contributed by atoms with Gasteiger partial charge in [-0.25, -0.2) is 0 Å². The number of ether oxygens (including phenoxy) is 1. The number of nitrogens with zero attached hydrogens (tertiary/aromatic N) is 2. The first kappa shape index (κ1) is 18.8. The molecule has 138 valence electrons. The molecule has 26 heavy (non-hydrogen) atoms. The summed E-state index contributed by atoms with van der Waals surface area (Å²) in [5.41, 5.74) is 3.71. The predicted molar refractivity (Wildman–Crippen MR) is 108 cm³/mol. The molecular formula is C18H21ClN4O2S. The molecule has 1 aliphatic heterocycles. The van der Waals surface area contributed by atoms with Crippen LogP contribution in [-0.4, -0.2) is 55.6 Å². The van der Waals surface area contributed by atoms with Crippen molar-refractivity contribution in [3.63, 3.8) is 0 Å². The molecule has 2 aromatic rings. The Balaban J connectivity index is 1.41. The van der Waals surface area contributed by atoms with Crippen molar-refractivity contribution in [1.29, 1.82) is 0 Å². The van der Waals surface area contributed by atoms with Gasteiger partial charge in [-0.05, 0) is 36.5 Å². The zero-order chi connectivity index (χ0) is 18.2. The zero-order valence-electron chi connectivity index (χ0n) is 14.3. The van der Waals surface area contributed by atoms with Gasteiger partial charge in [0.05, 0.1) is 19.4 Å². The summed E-state index contributed by atoms with van der Waals surface area (Å²) in [6.07, 6.45) is 1.59. The van der Waals surface area contributed by atoms with Crippen LogP contribution in [0, 0.1) is 0 Å². The minimum Gasteiger partial charge on any atom is -0.455 e. The van der Waals surface area contributed by atoms with Gasteiger partial charge in [0.2, 0.25) is 0 Å². The molecule has 0 spiro atoms. The molecule has 1 saturated heterocycles. The lowest BCUT2D eigenvalue weighted by Gasteiger charge is -2.26. The Bertz CT molecular complexity index is 759. The van der Waals surface area contributed by atoms with Crippen LogP contribution >= 0.6 is 23.8 Å². The second-order valence-electron chi connectivity index (χ2n) is 5.79. The Morgan fingerprint density at radius 2 is 2.12 bits per heavy atom. The van der Waals surface area contributed by atoms with Gasteiger partial charge < -0.3 is 14.5 Å². The molecular weight excluding hydrogens is 372 g/mol. The van der Waals surface area contributed by atoms with Crippen LogP contribution in [0.15, 0.2) is 45.9 Å². The van der Waals surface area contributed by atoms with Crippen LogP contribution in [0.2, 0.25) is 5.02 Å². The van der Waals surface area contributed by atoms with E-state index in [2.05, 4.69) is 20.7 Å². The van der Waals surface area contributed by atoms with Crippen molar-refractivity contribution in [2.45, 2.75) is 0 Å². The fourth-order valence-corrected chi connectivity index (χ4v) is 2.91. The van der Waals surface area contributed by atoms with Crippen LogP contribution in [0.3, 0.4) is 0 Å². The van der Waals surface area contributed by atoms with E-state index < -0.39 is 0 Å². The Morgan fingerprint density at radius 1 is 1.27 bits per heavy atom. The highest BCUT2D eigenvalue weighted by Gasteiger charge is 2.09. The number of hydrazone groups is 1. The summed E-state index contributed by atoms with van der Waals surface area (Å²) < 4.78 is 11.1. The Hall–Kier alpha value is -1.93. The lowest BCUT2D eigenvalue weighted by molar-refractivity contribution is 0.0389. The third-order valence-corrected chi connectivity index (χ3v) is 4.38. The molecule has 0 aliphatic carbocycles. The van der Waals surface area contributed by atoms with Gasteiger partial charge in [-0.3, -0.25) is 10.3 Å². The second-order valence-corrected chi connectivity index (χ2v) is 6.64. The van der Waals surface area contributed by atoms with Crippen molar-refractivity contribution >= 4 is 35.1 Å². The average Bonchev–Trinajstić information content (AvgIpc) is 3.12. The van der Waals surface area contributed by atoms with Gasteiger partial charge in [-0.1, -0.05) is 23.7 Å². The fraction of sp³-hybridized carbons (Fsp3) is 0.333. The van der Waals surface area contributed by atoms with Gasteiger partial charge in [0, 0.05) is 36.8 Å². The number of benzene rings is 1. The lowest BCUT2D eigenvalue weighted by Crippen LogP contribution is -2.42. The molecule has 2 heterocycles. The van der Waals surface area contributed by atoms with Crippen LogP contribution in [0.25, 0.3) is 11.3 Å². The van der Waals surface area contributed by atoms with Gasteiger partial charge >= 0.3 is 0 Å². The standard InChI is InChI=1S/C18H21ClN4O2S/c19-15-3-1-2-14(12-15)17-5-4-16(25-17)13-21-22-18(26)20-6-7-23-8-10-24-11-9-23/h1-5,12-13H,6-11H2,(H2,20,22,26). The van der Waals surface area contributed by atoms with Gasteiger partial charge in [0.25, 0.3) is 0 Å². The summed E-state index contributed by atoms with van der Waals surface area (Å²) in [6, 6.07) is 11.2. The summed E-state index contributed by atoms with van der Waals surface area (Å²) in [5.74, 6) is 1.36. The Morgan fingerprint density at radius 3 is 2.92 bits per heavy atom. The first-order chi connectivity index (χ1) is 12.7. The number of thiocarbonyl (C=S) groups is 1. The van der Waals surface area contributed by atoms with E-state index in [1.807, 2.05) is 36.4 Å². The van der Waals surface area contributed by atoms with Crippen LogP contribution in [0.5, 0.6) is 0 Å². The summed E-state index contributed by atoms with van der Waals surface area (Å²) in [6.45, 7) is 5.22. The molecule has 0 saturated carbocycles. The normalized spacial score (nSPS) is 15.3. The fourth-order valence-electron chi connectivity index (χ4n) is 2.57. The van der Waals surface area contributed by atoms with E-state index in [4.69, 9.17) is 33.0 Å². The SMILES string of the molecule is S=C(NCCN1CCOCC1)NN=Cc1ccc(-c2cccc(Cl)c2)o1. The molecule has 8 heteroatoms. The molecule has 0 radical (unpaired) electrons. The third kappa shape index (κ3) is 5.81. The highest BCUT2D eigenvalue weighted by atomic mass is 35.5. The largest absolute Gasteiger partial charge is 0.455 e. The molecule has 1 aromatic heterocycles. The van der Waals surface area contributed by atoms with E-state index >= 15 is 0 Å². The molecule has 1 fully saturated rings. The third-order valence-electron chi connectivity index (χ3n) is 3.91. The number of hydrogen-bond acceptors (Lipinski definition) is 5. The van der Waals surface area contributed by atoms with Crippen LogP contribution in [-0.2, 0) is 4.74 Å². The van der Waals surface area contributed by atoms with Gasteiger partial charge in [-0.2, -0.15) is 5.10 Å². The first-order valence-corrected chi connectivity index (χ1v) is 9.22. The van der Waals surface area contributed by atoms with E-state index in [0.29, 0.717) is 15.9 Å². The lowest BCUT2D eigenvalue weighted by atomic mass is 10.2. The maximum Gasteiger partial charge on any atom is 0.187 e. The Kier molecular flexibility index (Phi) is 7.02. The van der Waals surface area contributed by atoms with Crippen molar-refractivity contribution in [3.05, 3.63) is 47.2 Å². The minimum absolute atomic E-state index is 0.483. The molecule has 1 aromatic carbocycles. The van der Waals surface area contributed by atoms with E-state index in [1.54, 1.807) is 6.21 Å². The van der Waals surface area contributed by atoms with E-state index in [1.165, 1.54) is 0 Å². The number of nitrogens with one attached hydrogen (secondary N) is 2. The van der Waals surface area contributed by atoms with E-state index in [0.717, 1.165) is 50.7 Å². The predicted octanol–water partition coefficient (Wildman–Crippen LogP) is 2.73. The van der Waals surface area contributed by atoms with Crippen molar-refractivity contribution in [1.82, 2.24) is 15.6 Å². The Labute approximate surface area is 163 Å². The second kappa shape index (κ2) is 9.68. The smallest absolute Gasteiger partial charge is 0.187 e. The number of furan rings is 1. The van der Waals surface area contributed by atoms with E-state index in [9.17, 15) is 0 Å². The summed E-state index contributed by atoms with van der Waals surface area (Å²) in [5, 5.41) is 8.38. The molecule has 0 atom stereocenters. The maximum absolute atomic E-state index is 6.00. The van der Waals surface area contributed by atoms with Crippen LogP contribution in [0.1, 0.15) is 5.76 Å². The molecule has 0 amide bonds. The topological polar surface area (TPSA) is 62.0 Å². The molecule has 0 bridgehead atoms. The minimum atomic E-state index is 0.483. The van der Waals surface area contributed by atoms with Crippen molar-refractivity contribution in [3.8, 4) is 11.3 Å². The van der Waals surface area contributed by atoms with E-state index in [-0.39, 0.29) is 0 Å². The van der Waals surface area contributed by atoms with Gasteiger partial charge in [-0.15, -0.1) is 0 Å².